The Morgan fingerprint density at radius 2 is 2.17 bits per heavy atom. The third kappa shape index (κ3) is 3.84. The van der Waals surface area contributed by atoms with Gasteiger partial charge in [-0.3, -0.25) is 4.79 Å². The summed E-state index contributed by atoms with van der Waals surface area (Å²) >= 11 is 0. The van der Waals surface area contributed by atoms with Gasteiger partial charge in [-0.1, -0.05) is 13.0 Å². The SMILES string of the molecule is CCC1CCCCN1C(=O)c1cnc2nc(C)ccc2c1Nc1cccc(C#N)c1. The number of nitriles is 1. The Kier molecular flexibility index (Phi) is 5.62. The molecule has 152 valence electrons. The van der Waals surface area contributed by atoms with Crippen LogP contribution in [0.3, 0.4) is 0 Å². The lowest BCUT2D eigenvalue weighted by molar-refractivity contribution is 0.0609. The molecule has 0 aliphatic carbocycles. The average molecular weight is 399 g/mol. The highest BCUT2D eigenvalue weighted by molar-refractivity contribution is 6.07. The van der Waals surface area contributed by atoms with Crippen LogP contribution in [0.25, 0.3) is 11.0 Å². The number of hydrogen-bond acceptors (Lipinski definition) is 5. The molecule has 6 nitrogen and oxygen atoms in total. The van der Waals surface area contributed by atoms with Crippen LogP contribution in [0.5, 0.6) is 0 Å². The van der Waals surface area contributed by atoms with Gasteiger partial charge in [0.25, 0.3) is 5.91 Å². The summed E-state index contributed by atoms with van der Waals surface area (Å²) in [4.78, 5) is 24.6. The second kappa shape index (κ2) is 8.50. The van der Waals surface area contributed by atoms with Crippen LogP contribution in [-0.2, 0) is 0 Å². The monoisotopic (exact) mass is 399 g/mol. The lowest BCUT2D eigenvalue weighted by Gasteiger charge is -2.35. The zero-order valence-electron chi connectivity index (χ0n) is 17.4. The maximum Gasteiger partial charge on any atom is 0.257 e. The van der Waals surface area contributed by atoms with Crippen LogP contribution in [0.1, 0.15) is 54.2 Å². The maximum atomic E-state index is 13.6. The molecule has 30 heavy (non-hydrogen) atoms. The van der Waals surface area contributed by atoms with E-state index in [1.165, 1.54) is 0 Å². The summed E-state index contributed by atoms with van der Waals surface area (Å²) in [5, 5.41) is 13.4. The topological polar surface area (TPSA) is 81.9 Å². The van der Waals surface area contributed by atoms with E-state index in [0.717, 1.165) is 49.0 Å². The van der Waals surface area contributed by atoms with Gasteiger partial charge in [0.15, 0.2) is 5.65 Å². The van der Waals surface area contributed by atoms with Crippen molar-refractivity contribution in [3.8, 4) is 6.07 Å². The van der Waals surface area contributed by atoms with Crippen molar-refractivity contribution in [1.29, 1.82) is 5.26 Å². The van der Waals surface area contributed by atoms with Crippen molar-refractivity contribution in [2.75, 3.05) is 11.9 Å². The standard InChI is InChI=1S/C24H25N5O/c1-3-19-9-4-5-12-29(19)24(30)21-15-26-23-20(11-10-16(2)27-23)22(21)28-18-8-6-7-17(13-18)14-25/h6-8,10-11,13,15,19H,3-5,9,12H2,1-2H3,(H,26,27,28). The molecule has 1 saturated heterocycles. The highest BCUT2D eigenvalue weighted by atomic mass is 16.2. The molecule has 1 aliphatic heterocycles. The molecule has 3 heterocycles. The zero-order chi connectivity index (χ0) is 21.1. The number of nitrogens with zero attached hydrogens (tertiary/aromatic N) is 4. The minimum atomic E-state index is -0.00420. The van der Waals surface area contributed by atoms with E-state index in [2.05, 4.69) is 28.3 Å². The minimum Gasteiger partial charge on any atom is -0.354 e. The first-order valence-electron chi connectivity index (χ1n) is 10.4. The van der Waals surface area contributed by atoms with Crippen LogP contribution in [-0.4, -0.2) is 33.4 Å². The van der Waals surface area contributed by atoms with Gasteiger partial charge < -0.3 is 10.2 Å². The van der Waals surface area contributed by atoms with Crippen molar-refractivity contribution in [1.82, 2.24) is 14.9 Å². The molecule has 2 aromatic heterocycles. The van der Waals surface area contributed by atoms with Crippen molar-refractivity contribution in [2.24, 2.45) is 0 Å². The summed E-state index contributed by atoms with van der Waals surface area (Å²) in [7, 11) is 0. The molecule has 1 amide bonds. The van der Waals surface area contributed by atoms with Crippen molar-refractivity contribution in [2.45, 2.75) is 45.6 Å². The number of nitrogens with one attached hydrogen (secondary N) is 1. The van der Waals surface area contributed by atoms with Gasteiger partial charge >= 0.3 is 0 Å². The fourth-order valence-electron chi connectivity index (χ4n) is 4.13. The van der Waals surface area contributed by atoms with E-state index in [4.69, 9.17) is 0 Å². The Morgan fingerprint density at radius 1 is 1.30 bits per heavy atom. The van der Waals surface area contributed by atoms with Crippen molar-refractivity contribution in [3.05, 3.63) is 59.4 Å². The molecule has 1 fully saturated rings. The van der Waals surface area contributed by atoms with E-state index in [-0.39, 0.29) is 11.9 Å². The van der Waals surface area contributed by atoms with E-state index in [9.17, 15) is 10.1 Å². The third-order valence-electron chi connectivity index (χ3n) is 5.72. The quantitative estimate of drug-likeness (QED) is 0.671. The average Bonchev–Trinajstić information content (AvgIpc) is 2.78. The number of benzene rings is 1. The predicted octanol–water partition coefficient (Wildman–Crippen LogP) is 4.96. The number of anilines is 2. The molecule has 1 unspecified atom stereocenters. The third-order valence-corrected chi connectivity index (χ3v) is 5.72. The van der Waals surface area contributed by atoms with Gasteiger partial charge in [-0.2, -0.15) is 5.26 Å². The lowest BCUT2D eigenvalue weighted by Crippen LogP contribution is -2.43. The molecular weight excluding hydrogens is 374 g/mol. The molecule has 6 heteroatoms. The Bertz CT molecular complexity index is 1130. The molecule has 0 radical (unpaired) electrons. The summed E-state index contributed by atoms with van der Waals surface area (Å²) in [5.41, 5.74) is 4.00. The van der Waals surface area contributed by atoms with Crippen LogP contribution in [0.2, 0.25) is 0 Å². The first-order valence-corrected chi connectivity index (χ1v) is 10.4. The Hall–Kier alpha value is -3.46. The van der Waals surface area contributed by atoms with Crippen LogP contribution in [0.4, 0.5) is 11.4 Å². The summed E-state index contributed by atoms with van der Waals surface area (Å²) in [5.74, 6) is -0.00420. The Labute approximate surface area is 176 Å². The molecular formula is C24H25N5O. The van der Waals surface area contributed by atoms with Gasteiger partial charge in [-0.25, -0.2) is 9.97 Å². The first kappa shape index (κ1) is 19.8. The fourth-order valence-corrected chi connectivity index (χ4v) is 4.13. The highest BCUT2D eigenvalue weighted by Gasteiger charge is 2.28. The number of pyridine rings is 2. The molecule has 1 N–H and O–H groups in total. The fraction of sp³-hybridized carbons (Fsp3) is 0.333. The number of hydrogen-bond donors (Lipinski definition) is 1. The van der Waals surface area contributed by atoms with Gasteiger partial charge in [0, 0.05) is 35.6 Å². The largest absolute Gasteiger partial charge is 0.354 e. The molecule has 0 spiro atoms. The molecule has 0 saturated carbocycles. The van der Waals surface area contributed by atoms with E-state index < -0.39 is 0 Å². The number of likely N-dealkylation sites (tertiary alicyclic amines) is 1. The van der Waals surface area contributed by atoms with Gasteiger partial charge in [0.05, 0.1) is 22.9 Å². The summed E-state index contributed by atoms with van der Waals surface area (Å²) < 4.78 is 0. The molecule has 1 aromatic carbocycles. The number of carbonyl (C=O) groups excluding carboxylic acids is 1. The summed E-state index contributed by atoms with van der Waals surface area (Å²) in [6, 6.07) is 13.5. The minimum absolute atomic E-state index is 0.00420. The van der Waals surface area contributed by atoms with Crippen LogP contribution < -0.4 is 5.32 Å². The van der Waals surface area contributed by atoms with E-state index in [1.807, 2.05) is 36.1 Å². The normalized spacial score (nSPS) is 16.3. The van der Waals surface area contributed by atoms with E-state index >= 15 is 0 Å². The molecule has 1 atom stereocenters. The smallest absolute Gasteiger partial charge is 0.257 e. The first-order chi connectivity index (χ1) is 14.6. The van der Waals surface area contributed by atoms with Crippen molar-refractivity contribution < 1.29 is 4.79 Å². The highest BCUT2D eigenvalue weighted by Crippen LogP contribution is 2.31. The van der Waals surface area contributed by atoms with Crippen LogP contribution >= 0.6 is 0 Å². The van der Waals surface area contributed by atoms with Crippen LogP contribution in [0, 0.1) is 18.3 Å². The second-order valence-corrected chi connectivity index (χ2v) is 7.74. The number of carbonyl (C=O) groups is 1. The second-order valence-electron chi connectivity index (χ2n) is 7.74. The number of aryl methyl sites for hydroxylation is 1. The number of piperidine rings is 1. The van der Waals surface area contributed by atoms with Crippen molar-refractivity contribution in [3.63, 3.8) is 0 Å². The summed E-state index contributed by atoms with van der Waals surface area (Å²) in [6.07, 6.45) is 5.80. The molecule has 0 bridgehead atoms. The van der Waals surface area contributed by atoms with Gasteiger partial charge in [-0.05, 0) is 62.9 Å². The summed E-state index contributed by atoms with van der Waals surface area (Å²) in [6.45, 7) is 4.82. The Balaban J connectivity index is 1.82. The maximum absolute atomic E-state index is 13.6. The molecule has 1 aliphatic rings. The van der Waals surface area contributed by atoms with Gasteiger partial charge in [0.1, 0.15) is 0 Å². The number of amides is 1. The number of rotatable bonds is 4. The zero-order valence-corrected chi connectivity index (χ0v) is 17.4. The van der Waals surface area contributed by atoms with Gasteiger partial charge in [-0.15, -0.1) is 0 Å². The van der Waals surface area contributed by atoms with Crippen molar-refractivity contribution >= 4 is 28.3 Å². The van der Waals surface area contributed by atoms with E-state index in [0.29, 0.717) is 22.5 Å². The van der Waals surface area contributed by atoms with Gasteiger partial charge in [0.2, 0.25) is 0 Å². The number of aromatic nitrogens is 2. The number of fused-ring (bicyclic) bond motifs is 1. The Morgan fingerprint density at radius 3 is 2.97 bits per heavy atom. The predicted molar refractivity (Wildman–Crippen MR) is 118 cm³/mol. The van der Waals surface area contributed by atoms with E-state index in [1.54, 1.807) is 18.3 Å². The lowest BCUT2D eigenvalue weighted by atomic mass is 9.98. The molecule has 3 aromatic rings. The van der Waals surface area contributed by atoms with Crippen LogP contribution in [0.15, 0.2) is 42.6 Å². The molecule has 4 rings (SSSR count).